The van der Waals surface area contributed by atoms with Gasteiger partial charge in [-0.25, -0.2) is 9.59 Å². The Morgan fingerprint density at radius 2 is 1.47 bits per heavy atom. The van der Waals surface area contributed by atoms with Gasteiger partial charge in [0.05, 0.1) is 12.2 Å². The molecule has 0 spiro atoms. The first-order valence-corrected chi connectivity index (χ1v) is 4.43. The van der Waals surface area contributed by atoms with Crippen LogP contribution >= 0.6 is 0 Å². The van der Waals surface area contributed by atoms with Crippen molar-refractivity contribution in [3.63, 3.8) is 0 Å². The molecule has 0 heterocycles. The molecule has 0 aliphatic heterocycles. The summed E-state index contributed by atoms with van der Waals surface area (Å²) in [6.07, 6.45) is 3.20. The van der Waals surface area contributed by atoms with Crippen molar-refractivity contribution in [1.82, 2.24) is 0 Å². The van der Waals surface area contributed by atoms with Gasteiger partial charge in [-0.15, -0.1) is 0 Å². The van der Waals surface area contributed by atoms with Crippen LogP contribution in [0.15, 0.2) is 12.2 Å². The summed E-state index contributed by atoms with van der Waals surface area (Å²) in [6, 6.07) is 0. The van der Waals surface area contributed by atoms with E-state index in [4.69, 9.17) is 19.7 Å². The maximum absolute atomic E-state index is 10.2. The summed E-state index contributed by atoms with van der Waals surface area (Å²) in [5.74, 6) is -2.06. The fraction of sp³-hybridized carbons (Fsp3) is 0.556. The quantitative estimate of drug-likeness (QED) is 0.601. The van der Waals surface area contributed by atoms with E-state index in [-0.39, 0.29) is 25.4 Å². The number of hydrogen-bond acceptors (Lipinski definition) is 4. The molecule has 0 bridgehead atoms. The molecule has 84 valence electrons. The Hall–Kier alpha value is -1.40. The van der Waals surface area contributed by atoms with Crippen molar-refractivity contribution in [2.45, 2.75) is 18.6 Å². The van der Waals surface area contributed by atoms with Crippen LogP contribution in [0.3, 0.4) is 0 Å². The Morgan fingerprint density at radius 1 is 1.07 bits per heavy atom. The van der Waals surface area contributed by atoms with E-state index in [0.717, 1.165) is 0 Å². The molecule has 15 heavy (non-hydrogen) atoms. The van der Waals surface area contributed by atoms with E-state index >= 15 is 0 Å². The number of carboxylic acids is 2. The molecule has 6 nitrogen and oxygen atoms in total. The van der Waals surface area contributed by atoms with Gasteiger partial charge in [0.1, 0.15) is 13.2 Å². The van der Waals surface area contributed by atoms with Gasteiger partial charge < -0.3 is 19.7 Å². The molecule has 0 aromatic heterocycles. The van der Waals surface area contributed by atoms with Crippen molar-refractivity contribution < 1.29 is 29.3 Å². The van der Waals surface area contributed by atoms with E-state index in [1.165, 1.54) is 0 Å². The van der Waals surface area contributed by atoms with Crippen molar-refractivity contribution in [3.05, 3.63) is 12.2 Å². The summed E-state index contributed by atoms with van der Waals surface area (Å²) < 4.78 is 9.98. The minimum Gasteiger partial charge on any atom is -0.480 e. The van der Waals surface area contributed by atoms with Crippen LogP contribution in [-0.2, 0) is 19.1 Å². The molecule has 0 fully saturated rings. The zero-order valence-corrected chi connectivity index (χ0v) is 7.96. The molecule has 0 aromatic rings. The molecule has 0 saturated carbocycles. The third-order valence-electron chi connectivity index (χ3n) is 1.85. The van der Waals surface area contributed by atoms with Crippen molar-refractivity contribution in [3.8, 4) is 0 Å². The molecule has 1 aliphatic rings. The summed E-state index contributed by atoms with van der Waals surface area (Å²) in [4.78, 5) is 20.4. The number of hydrogen-bond donors (Lipinski definition) is 2. The van der Waals surface area contributed by atoms with Gasteiger partial charge >= 0.3 is 11.9 Å². The summed E-state index contributed by atoms with van der Waals surface area (Å²) in [5, 5.41) is 16.7. The highest BCUT2D eigenvalue weighted by molar-refractivity contribution is 5.68. The fourth-order valence-corrected chi connectivity index (χ4v) is 1.24. The van der Waals surface area contributed by atoms with Gasteiger partial charge in [-0.05, 0) is 0 Å². The summed E-state index contributed by atoms with van der Waals surface area (Å²) in [6.45, 7) is -0.721. The average Bonchev–Trinajstić information content (AvgIpc) is 2.59. The van der Waals surface area contributed by atoms with Gasteiger partial charge in [0.15, 0.2) is 0 Å². The van der Waals surface area contributed by atoms with E-state index in [1.54, 1.807) is 12.2 Å². The molecule has 0 amide bonds. The molecular weight excluding hydrogens is 204 g/mol. The second-order valence-electron chi connectivity index (χ2n) is 3.11. The Bertz CT molecular complexity index is 246. The first-order valence-electron chi connectivity index (χ1n) is 4.43. The first-order chi connectivity index (χ1) is 7.08. The van der Waals surface area contributed by atoms with E-state index in [0.29, 0.717) is 6.42 Å². The number of ether oxygens (including phenoxy) is 2. The normalized spacial score (nSPS) is 24.3. The molecule has 2 N–H and O–H groups in total. The topological polar surface area (TPSA) is 93.1 Å². The molecule has 0 saturated heterocycles. The van der Waals surface area contributed by atoms with Crippen LogP contribution in [0.2, 0.25) is 0 Å². The highest BCUT2D eigenvalue weighted by Gasteiger charge is 2.21. The predicted molar refractivity (Wildman–Crippen MR) is 48.5 cm³/mol. The van der Waals surface area contributed by atoms with Gasteiger partial charge in [0.2, 0.25) is 0 Å². The second-order valence-corrected chi connectivity index (χ2v) is 3.11. The lowest BCUT2D eigenvalue weighted by atomic mass is 10.3. The van der Waals surface area contributed by atoms with Gasteiger partial charge in [0, 0.05) is 6.42 Å². The van der Waals surface area contributed by atoms with E-state index in [2.05, 4.69) is 0 Å². The average molecular weight is 216 g/mol. The smallest absolute Gasteiger partial charge is 0.329 e. The zero-order valence-electron chi connectivity index (χ0n) is 7.96. The fourth-order valence-electron chi connectivity index (χ4n) is 1.24. The van der Waals surface area contributed by atoms with Crippen LogP contribution in [0, 0.1) is 0 Å². The Labute approximate surface area is 86.1 Å². The zero-order chi connectivity index (χ0) is 11.3. The van der Waals surface area contributed by atoms with Crippen LogP contribution in [-0.4, -0.2) is 47.6 Å². The van der Waals surface area contributed by atoms with Gasteiger partial charge in [0.25, 0.3) is 0 Å². The number of carboxylic acid groups (broad SMARTS) is 2. The lowest BCUT2D eigenvalue weighted by molar-refractivity contribution is -0.144. The lowest BCUT2D eigenvalue weighted by Crippen LogP contribution is -2.19. The van der Waals surface area contributed by atoms with Crippen molar-refractivity contribution in [2.75, 3.05) is 13.2 Å². The standard InChI is InChI=1S/C9H12O6/c10-8(11)4-14-6-1-2-7(3-6)15-5-9(12)13/h1-2,6-7H,3-5H2,(H,10,11)(H,12,13)/t6-,7+. The Morgan fingerprint density at radius 3 is 1.80 bits per heavy atom. The van der Waals surface area contributed by atoms with E-state index in [1.807, 2.05) is 0 Å². The number of carbonyl (C=O) groups is 2. The monoisotopic (exact) mass is 216 g/mol. The van der Waals surface area contributed by atoms with Crippen molar-refractivity contribution in [1.29, 1.82) is 0 Å². The van der Waals surface area contributed by atoms with Gasteiger partial charge in [-0.2, -0.15) is 0 Å². The molecule has 2 atom stereocenters. The van der Waals surface area contributed by atoms with Crippen molar-refractivity contribution >= 4 is 11.9 Å². The first kappa shape index (κ1) is 11.7. The van der Waals surface area contributed by atoms with Crippen LogP contribution in [0.5, 0.6) is 0 Å². The molecule has 1 rings (SSSR count). The number of rotatable bonds is 6. The highest BCUT2D eigenvalue weighted by atomic mass is 16.5. The molecule has 6 heteroatoms. The minimum absolute atomic E-state index is 0.306. The summed E-state index contributed by atoms with van der Waals surface area (Å²) in [7, 11) is 0. The van der Waals surface area contributed by atoms with Crippen LogP contribution in [0.25, 0.3) is 0 Å². The van der Waals surface area contributed by atoms with Crippen LogP contribution in [0.1, 0.15) is 6.42 Å². The van der Waals surface area contributed by atoms with Gasteiger partial charge in [-0.1, -0.05) is 12.2 Å². The number of aliphatic carboxylic acids is 2. The predicted octanol–water partition coefficient (Wildman–Crippen LogP) is -0.114. The third kappa shape index (κ3) is 4.57. The van der Waals surface area contributed by atoms with Gasteiger partial charge in [-0.3, -0.25) is 0 Å². The maximum atomic E-state index is 10.2. The molecular formula is C9H12O6. The van der Waals surface area contributed by atoms with Crippen LogP contribution in [0.4, 0.5) is 0 Å². The molecule has 0 radical (unpaired) electrons. The van der Waals surface area contributed by atoms with Crippen molar-refractivity contribution in [2.24, 2.45) is 0 Å². The molecule has 1 aliphatic carbocycles. The molecule has 0 unspecified atom stereocenters. The van der Waals surface area contributed by atoms with E-state index in [9.17, 15) is 9.59 Å². The third-order valence-corrected chi connectivity index (χ3v) is 1.85. The summed E-state index contributed by atoms with van der Waals surface area (Å²) >= 11 is 0. The minimum atomic E-state index is -1.03. The van der Waals surface area contributed by atoms with Crippen LogP contribution < -0.4 is 0 Å². The summed E-state index contributed by atoms with van der Waals surface area (Å²) in [5.41, 5.74) is 0. The largest absolute Gasteiger partial charge is 0.480 e. The van der Waals surface area contributed by atoms with E-state index < -0.39 is 11.9 Å². The highest BCUT2D eigenvalue weighted by Crippen LogP contribution is 2.16. The SMILES string of the molecule is O=C(O)CO[C@@H]1C=C[C@H](OCC(=O)O)C1. The molecule has 0 aromatic carbocycles. The maximum Gasteiger partial charge on any atom is 0.329 e. The second kappa shape index (κ2) is 5.47. The Kier molecular flexibility index (Phi) is 4.26. The Balaban J connectivity index is 2.19. The lowest BCUT2D eigenvalue weighted by Gasteiger charge is -2.11.